The first kappa shape index (κ1) is 18.2. The topological polar surface area (TPSA) is 78.5 Å². The fourth-order valence-corrected chi connectivity index (χ4v) is 2.33. The molecule has 0 bridgehead atoms. The van der Waals surface area contributed by atoms with E-state index >= 15 is 0 Å². The molecular weight excluding hydrogens is 318 g/mol. The number of aryl methyl sites for hydroxylation is 1. The predicted octanol–water partition coefficient (Wildman–Crippen LogP) is 2.95. The van der Waals surface area contributed by atoms with Gasteiger partial charge < -0.3 is 15.5 Å². The van der Waals surface area contributed by atoms with Crippen LogP contribution in [-0.2, 0) is 14.4 Å². The fourth-order valence-electron chi connectivity index (χ4n) is 2.33. The van der Waals surface area contributed by atoms with Crippen LogP contribution in [0, 0.1) is 6.92 Å². The molecule has 0 fully saturated rings. The Bertz CT molecular complexity index is 785. The number of hydrogen-bond donors (Lipinski definition) is 2. The molecule has 0 saturated carbocycles. The van der Waals surface area contributed by atoms with Gasteiger partial charge in [-0.3, -0.25) is 14.4 Å². The van der Waals surface area contributed by atoms with Crippen molar-refractivity contribution in [2.45, 2.75) is 20.8 Å². The van der Waals surface area contributed by atoms with E-state index in [1.165, 1.54) is 18.7 Å². The molecule has 0 saturated heterocycles. The van der Waals surface area contributed by atoms with E-state index in [1.54, 1.807) is 36.4 Å². The van der Waals surface area contributed by atoms with Crippen molar-refractivity contribution in [3.05, 3.63) is 54.1 Å². The molecule has 0 atom stereocenters. The van der Waals surface area contributed by atoms with E-state index in [0.717, 1.165) is 5.56 Å². The third-order valence-corrected chi connectivity index (χ3v) is 3.49. The molecule has 130 valence electrons. The first-order valence-corrected chi connectivity index (χ1v) is 7.87. The van der Waals surface area contributed by atoms with Crippen molar-refractivity contribution in [2.24, 2.45) is 0 Å². The summed E-state index contributed by atoms with van der Waals surface area (Å²) in [6.45, 7) is 4.70. The van der Waals surface area contributed by atoms with Crippen LogP contribution in [-0.4, -0.2) is 24.3 Å². The third kappa shape index (κ3) is 5.46. The van der Waals surface area contributed by atoms with Crippen LogP contribution < -0.4 is 15.5 Å². The monoisotopic (exact) mass is 339 g/mol. The molecule has 6 nitrogen and oxygen atoms in total. The average Bonchev–Trinajstić information content (AvgIpc) is 2.53. The molecule has 0 spiro atoms. The standard InChI is InChI=1S/C19H21N3O3/c1-13-7-9-18(10-8-13)22(15(3)24)12-19(25)21-17-6-4-5-16(11-17)20-14(2)23/h4-11H,12H2,1-3H3,(H,20,23)(H,21,25). The molecule has 0 aliphatic carbocycles. The molecule has 0 radical (unpaired) electrons. The molecule has 2 aromatic carbocycles. The molecule has 6 heteroatoms. The molecule has 2 aromatic rings. The highest BCUT2D eigenvalue weighted by atomic mass is 16.2. The Labute approximate surface area is 146 Å². The van der Waals surface area contributed by atoms with Gasteiger partial charge in [-0.2, -0.15) is 0 Å². The first-order chi connectivity index (χ1) is 11.8. The summed E-state index contributed by atoms with van der Waals surface area (Å²) in [4.78, 5) is 36.7. The SMILES string of the molecule is CC(=O)Nc1cccc(NC(=O)CN(C(C)=O)c2ccc(C)cc2)c1. The van der Waals surface area contributed by atoms with Gasteiger partial charge in [0.2, 0.25) is 17.7 Å². The average molecular weight is 339 g/mol. The van der Waals surface area contributed by atoms with Gasteiger partial charge in [-0.1, -0.05) is 23.8 Å². The Kier molecular flexibility index (Phi) is 5.89. The van der Waals surface area contributed by atoms with Gasteiger partial charge in [-0.25, -0.2) is 0 Å². The van der Waals surface area contributed by atoms with Crippen molar-refractivity contribution in [2.75, 3.05) is 22.1 Å². The van der Waals surface area contributed by atoms with E-state index in [4.69, 9.17) is 0 Å². The zero-order valence-corrected chi connectivity index (χ0v) is 14.5. The third-order valence-electron chi connectivity index (χ3n) is 3.49. The first-order valence-electron chi connectivity index (χ1n) is 7.87. The highest BCUT2D eigenvalue weighted by molar-refractivity contribution is 6.02. The highest BCUT2D eigenvalue weighted by Crippen LogP contribution is 2.17. The van der Waals surface area contributed by atoms with Gasteiger partial charge in [0.15, 0.2) is 0 Å². The maximum Gasteiger partial charge on any atom is 0.244 e. The second-order valence-electron chi connectivity index (χ2n) is 5.75. The van der Waals surface area contributed by atoms with Crippen molar-refractivity contribution in [1.82, 2.24) is 0 Å². The van der Waals surface area contributed by atoms with Crippen LogP contribution in [0.25, 0.3) is 0 Å². The van der Waals surface area contributed by atoms with Crippen molar-refractivity contribution in [3.8, 4) is 0 Å². The summed E-state index contributed by atoms with van der Waals surface area (Å²) >= 11 is 0. The summed E-state index contributed by atoms with van der Waals surface area (Å²) in [6.07, 6.45) is 0. The van der Waals surface area contributed by atoms with E-state index < -0.39 is 0 Å². The molecule has 25 heavy (non-hydrogen) atoms. The highest BCUT2D eigenvalue weighted by Gasteiger charge is 2.16. The summed E-state index contributed by atoms with van der Waals surface area (Å²) < 4.78 is 0. The maximum atomic E-state index is 12.3. The summed E-state index contributed by atoms with van der Waals surface area (Å²) in [5.74, 6) is -0.729. The summed E-state index contributed by atoms with van der Waals surface area (Å²) in [7, 11) is 0. The Morgan fingerprint density at radius 2 is 1.52 bits per heavy atom. The van der Waals surface area contributed by atoms with Crippen molar-refractivity contribution in [3.63, 3.8) is 0 Å². The summed E-state index contributed by atoms with van der Waals surface area (Å²) in [6, 6.07) is 14.2. The van der Waals surface area contributed by atoms with Gasteiger partial charge >= 0.3 is 0 Å². The van der Waals surface area contributed by atoms with Crippen LogP contribution in [0.1, 0.15) is 19.4 Å². The van der Waals surface area contributed by atoms with Gasteiger partial charge in [-0.15, -0.1) is 0 Å². The van der Waals surface area contributed by atoms with Gasteiger partial charge in [-0.05, 0) is 37.3 Å². The van der Waals surface area contributed by atoms with Gasteiger partial charge in [0.25, 0.3) is 0 Å². The number of benzene rings is 2. The Hall–Kier alpha value is -3.15. The van der Waals surface area contributed by atoms with Gasteiger partial charge in [0.05, 0.1) is 0 Å². The predicted molar refractivity (Wildman–Crippen MR) is 98.6 cm³/mol. The van der Waals surface area contributed by atoms with Crippen molar-refractivity contribution >= 4 is 34.8 Å². The number of nitrogens with zero attached hydrogens (tertiary/aromatic N) is 1. The van der Waals surface area contributed by atoms with Crippen molar-refractivity contribution < 1.29 is 14.4 Å². The number of anilines is 3. The second-order valence-corrected chi connectivity index (χ2v) is 5.75. The minimum Gasteiger partial charge on any atom is -0.326 e. The Morgan fingerprint density at radius 3 is 2.08 bits per heavy atom. The molecular formula is C19H21N3O3. The number of carbonyl (C=O) groups is 3. The van der Waals surface area contributed by atoms with Crippen LogP contribution in [0.15, 0.2) is 48.5 Å². The second kappa shape index (κ2) is 8.10. The summed E-state index contributed by atoms with van der Waals surface area (Å²) in [5, 5.41) is 5.39. The Balaban J connectivity index is 2.08. The lowest BCUT2D eigenvalue weighted by atomic mass is 10.2. The minimum atomic E-state index is -0.323. The minimum absolute atomic E-state index is 0.0945. The lowest BCUT2D eigenvalue weighted by Crippen LogP contribution is -2.36. The van der Waals surface area contributed by atoms with E-state index in [2.05, 4.69) is 10.6 Å². The number of carbonyl (C=O) groups excluding carboxylic acids is 3. The van der Waals surface area contributed by atoms with E-state index in [1.807, 2.05) is 19.1 Å². The smallest absolute Gasteiger partial charge is 0.244 e. The molecule has 2 N–H and O–H groups in total. The molecule has 0 aliphatic heterocycles. The summed E-state index contributed by atoms with van der Waals surface area (Å²) in [5.41, 5.74) is 2.88. The number of amides is 3. The zero-order chi connectivity index (χ0) is 18.4. The number of hydrogen-bond acceptors (Lipinski definition) is 3. The van der Waals surface area contributed by atoms with Crippen LogP contribution in [0.2, 0.25) is 0 Å². The van der Waals surface area contributed by atoms with Crippen LogP contribution in [0.3, 0.4) is 0 Å². The van der Waals surface area contributed by atoms with Gasteiger partial charge in [0, 0.05) is 30.9 Å². The molecule has 0 aliphatic rings. The lowest BCUT2D eigenvalue weighted by molar-refractivity contribution is -0.120. The molecule has 3 amide bonds. The largest absolute Gasteiger partial charge is 0.326 e. The number of nitrogens with one attached hydrogen (secondary N) is 2. The molecule has 0 aromatic heterocycles. The van der Waals surface area contributed by atoms with Crippen molar-refractivity contribution in [1.29, 1.82) is 0 Å². The number of rotatable bonds is 5. The lowest BCUT2D eigenvalue weighted by Gasteiger charge is -2.21. The van der Waals surface area contributed by atoms with Crippen LogP contribution in [0.4, 0.5) is 17.1 Å². The molecule has 2 rings (SSSR count). The van der Waals surface area contributed by atoms with Gasteiger partial charge in [0.1, 0.15) is 6.54 Å². The maximum absolute atomic E-state index is 12.3. The van der Waals surface area contributed by atoms with E-state index in [0.29, 0.717) is 17.1 Å². The Morgan fingerprint density at radius 1 is 0.920 bits per heavy atom. The normalized spacial score (nSPS) is 10.0. The molecule has 0 heterocycles. The van der Waals surface area contributed by atoms with E-state index in [9.17, 15) is 14.4 Å². The van der Waals surface area contributed by atoms with E-state index in [-0.39, 0.29) is 24.3 Å². The quantitative estimate of drug-likeness (QED) is 0.879. The van der Waals surface area contributed by atoms with Crippen LogP contribution in [0.5, 0.6) is 0 Å². The zero-order valence-electron chi connectivity index (χ0n) is 14.5. The molecule has 0 unspecified atom stereocenters. The van der Waals surface area contributed by atoms with Crippen LogP contribution >= 0.6 is 0 Å². The fraction of sp³-hybridized carbons (Fsp3) is 0.211.